The van der Waals surface area contributed by atoms with Crippen LogP contribution in [0.4, 0.5) is 0 Å². The quantitative estimate of drug-likeness (QED) is 0.666. The van der Waals surface area contributed by atoms with Gasteiger partial charge in [0.05, 0.1) is 19.2 Å². The molecule has 1 aromatic heterocycles. The SMILES string of the molecule is COc1ccccc1CC(=O)NNC(=O)c1sc(-c2ccccc2)nc1C. The van der Waals surface area contributed by atoms with Crippen molar-refractivity contribution in [3.63, 3.8) is 0 Å². The average Bonchev–Trinajstić information content (AvgIpc) is 3.09. The van der Waals surface area contributed by atoms with E-state index in [4.69, 9.17) is 4.74 Å². The molecule has 0 radical (unpaired) electrons. The standard InChI is InChI=1S/C20H19N3O3S/c1-13-18(27-20(21-13)14-8-4-3-5-9-14)19(25)23-22-17(24)12-15-10-6-7-11-16(15)26-2/h3-11H,12H2,1-2H3,(H,22,24)(H,23,25). The lowest BCUT2D eigenvalue weighted by molar-refractivity contribution is -0.121. The molecule has 3 aromatic rings. The van der Waals surface area contributed by atoms with Gasteiger partial charge in [0.15, 0.2) is 0 Å². The minimum atomic E-state index is -0.388. The number of ether oxygens (including phenoxy) is 1. The van der Waals surface area contributed by atoms with E-state index < -0.39 is 0 Å². The number of para-hydroxylation sites is 1. The monoisotopic (exact) mass is 381 g/mol. The second-order valence-electron chi connectivity index (χ2n) is 5.79. The number of methoxy groups -OCH3 is 1. The number of aromatic nitrogens is 1. The number of aryl methyl sites for hydroxylation is 1. The van der Waals surface area contributed by atoms with Crippen LogP contribution in [0.25, 0.3) is 10.6 Å². The van der Waals surface area contributed by atoms with Crippen molar-refractivity contribution in [3.8, 4) is 16.3 Å². The van der Waals surface area contributed by atoms with E-state index in [1.807, 2.05) is 42.5 Å². The Morgan fingerprint density at radius 2 is 1.74 bits per heavy atom. The Hall–Kier alpha value is -3.19. The van der Waals surface area contributed by atoms with Gasteiger partial charge in [-0.3, -0.25) is 20.4 Å². The molecule has 0 saturated carbocycles. The largest absolute Gasteiger partial charge is 0.496 e. The van der Waals surface area contributed by atoms with Crippen LogP contribution in [-0.4, -0.2) is 23.9 Å². The van der Waals surface area contributed by atoms with E-state index in [2.05, 4.69) is 15.8 Å². The molecule has 0 aliphatic carbocycles. The number of nitrogens with one attached hydrogen (secondary N) is 2. The van der Waals surface area contributed by atoms with Crippen molar-refractivity contribution in [1.29, 1.82) is 0 Å². The Balaban J connectivity index is 1.62. The van der Waals surface area contributed by atoms with Gasteiger partial charge in [-0.05, 0) is 13.0 Å². The lowest BCUT2D eigenvalue weighted by Gasteiger charge is -2.09. The van der Waals surface area contributed by atoms with Crippen LogP contribution in [0.3, 0.4) is 0 Å². The molecular weight excluding hydrogens is 362 g/mol. The predicted molar refractivity (Wildman–Crippen MR) is 105 cm³/mol. The van der Waals surface area contributed by atoms with Gasteiger partial charge < -0.3 is 4.74 Å². The number of hydrazine groups is 1. The first kappa shape index (κ1) is 18.6. The van der Waals surface area contributed by atoms with E-state index in [9.17, 15) is 9.59 Å². The minimum absolute atomic E-state index is 0.0984. The number of amides is 2. The molecule has 0 aliphatic rings. The molecule has 0 saturated heterocycles. The third kappa shape index (κ3) is 4.51. The lowest BCUT2D eigenvalue weighted by Crippen LogP contribution is -2.42. The average molecular weight is 381 g/mol. The summed E-state index contributed by atoms with van der Waals surface area (Å²) in [6.45, 7) is 1.77. The first-order valence-corrected chi connectivity index (χ1v) is 9.14. The van der Waals surface area contributed by atoms with Gasteiger partial charge in [-0.2, -0.15) is 0 Å². The van der Waals surface area contributed by atoms with Crippen molar-refractivity contribution in [2.45, 2.75) is 13.3 Å². The summed E-state index contributed by atoms with van der Waals surface area (Å²) in [5, 5.41) is 0.763. The molecule has 0 spiro atoms. The topological polar surface area (TPSA) is 80.3 Å². The van der Waals surface area contributed by atoms with Gasteiger partial charge in [0.1, 0.15) is 15.6 Å². The Labute approximate surface area is 161 Å². The number of carbonyl (C=O) groups excluding carboxylic acids is 2. The smallest absolute Gasteiger partial charge is 0.281 e. The molecule has 0 atom stereocenters. The Morgan fingerprint density at radius 3 is 2.48 bits per heavy atom. The number of rotatable bonds is 5. The fourth-order valence-electron chi connectivity index (χ4n) is 2.56. The summed E-state index contributed by atoms with van der Waals surface area (Å²) >= 11 is 1.29. The van der Waals surface area contributed by atoms with Crippen LogP contribution in [0.15, 0.2) is 54.6 Å². The third-order valence-corrected chi connectivity index (χ3v) is 5.09. The Kier molecular flexibility index (Phi) is 5.83. The van der Waals surface area contributed by atoms with Crippen LogP contribution in [0, 0.1) is 6.92 Å². The molecule has 6 nitrogen and oxygen atoms in total. The molecule has 0 unspecified atom stereocenters. The summed E-state index contributed by atoms with van der Waals surface area (Å²) in [5.41, 5.74) is 7.21. The molecule has 2 aromatic carbocycles. The van der Waals surface area contributed by atoms with Crippen molar-refractivity contribution < 1.29 is 14.3 Å². The first-order valence-electron chi connectivity index (χ1n) is 8.32. The Bertz CT molecular complexity index is 954. The van der Waals surface area contributed by atoms with Gasteiger partial charge in [0, 0.05) is 11.1 Å². The molecule has 0 fully saturated rings. The van der Waals surface area contributed by atoms with Crippen molar-refractivity contribution in [2.75, 3.05) is 7.11 Å². The molecule has 2 N–H and O–H groups in total. The maximum atomic E-state index is 12.4. The van der Waals surface area contributed by atoms with E-state index in [-0.39, 0.29) is 18.2 Å². The molecule has 1 heterocycles. The summed E-state index contributed by atoms with van der Waals surface area (Å²) in [6.07, 6.45) is 0.0984. The normalized spacial score (nSPS) is 10.3. The minimum Gasteiger partial charge on any atom is -0.496 e. The zero-order valence-electron chi connectivity index (χ0n) is 15.0. The van der Waals surface area contributed by atoms with E-state index in [0.717, 1.165) is 16.1 Å². The summed E-state index contributed by atoms with van der Waals surface area (Å²) < 4.78 is 5.23. The van der Waals surface area contributed by atoms with Crippen LogP contribution < -0.4 is 15.6 Å². The van der Waals surface area contributed by atoms with Crippen LogP contribution in [0.5, 0.6) is 5.75 Å². The highest BCUT2D eigenvalue weighted by molar-refractivity contribution is 7.17. The van der Waals surface area contributed by atoms with Crippen LogP contribution in [-0.2, 0) is 11.2 Å². The third-order valence-electron chi connectivity index (χ3n) is 3.88. The zero-order chi connectivity index (χ0) is 19.2. The van der Waals surface area contributed by atoms with Crippen molar-refractivity contribution >= 4 is 23.2 Å². The number of carbonyl (C=O) groups is 2. The van der Waals surface area contributed by atoms with Gasteiger partial charge in [0.2, 0.25) is 5.91 Å². The molecule has 2 amide bonds. The number of hydrogen-bond donors (Lipinski definition) is 2. The van der Waals surface area contributed by atoms with E-state index in [1.54, 1.807) is 26.2 Å². The van der Waals surface area contributed by atoms with Gasteiger partial charge in [-0.25, -0.2) is 4.98 Å². The van der Waals surface area contributed by atoms with Gasteiger partial charge in [0.25, 0.3) is 5.91 Å². The van der Waals surface area contributed by atoms with Crippen molar-refractivity contribution in [2.24, 2.45) is 0 Å². The molecule has 7 heteroatoms. The number of hydrogen-bond acceptors (Lipinski definition) is 5. The maximum Gasteiger partial charge on any atom is 0.281 e. The van der Waals surface area contributed by atoms with Crippen LogP contribution in [0.1, 0.15) is 20.9 Å². The summed E-state index contributed by atoms with van der Waals surface area (Å²) in [5.74, 6) is -0.0939. The lowest BCUT2D eigenvalue weighted by atomic mass is 10.1. The van der Waals surface area contributed by atoms with E-state index >= 15 is 0 Å². The second kappa shape index (κ2) is 8.46. The van der Waals surface area contributed by atoms with Crippen molar-refractivity contribution in [3.05, 3.63) is 70.7 Å². The predicted octanol–water partition coefficient (Wildman–Crippen LogP) is 3.13. The fourth-order valence-corrected chi connectivity index (χ4v) is 3.53. The van der Waals surface area contributed by atoms with E-state index in [1.165, 1.54) is 11.3 Å². The first-order chi connectivity index (χ1) is 13.1. The zero-order valence-corrected chi connectivity index (χ0v) is 15.8. The highest BCUT2D eigenvalue weighted by Gasteiger charge is 2.17. The number of benzene rings is 2. The van der Waals surface area contributed by atoms with Gasteiger partial charge in [-0.15, -0.1) is 11.3 Å². The second-order valence-corrected chi connectivity index (χ2v) is 6.79. The maximum absolute atomic E-state index is 12.4. The number of nitrogens with zero attached hydrogens (tertiary/aromatic N) is 1. The molecule has 3 rings (SSSR count). The van der Waals surface area contributed by atoms with Crippen molar-refractivity contribution in [1.82, 2.24) is 15.8 Å². The molecule has 27 heavy (non-hydrogen) atoms. The highest BCUT2D eigenvalue weighted by atomic mass is 32.1. The Morgan fingerprint density at radius 1 is 1.04 bits per heavy atom. The summed E-state index contributed by atoms with van der Waals surface area (Å²) in [7, 11) is 1.55. The molecule has 138 valence electrons. The van der Waals surface area contributed by atoms with E-state index in [0.29, 0.717) is 16.3 Å². The van der Waals surface area contributed by atoms with Gasteiger partial charge >= 0.3 is 0 Å². The van der Waals surface area contributed by atoms with Gasteiger partial charge in [-0.1, -0.05) is 48.5 Å². The molecule has 0 aliphatic heterocycles. The number of thiazole rings is 1. The summed E-state index contributed by atoms with van der Waals surface area (Å²) in [6, 6.07) is 16.9. The van der Waals surface area contributed by atoms with Crippen LogP contribution >= 0.6 is 11.3 Å². The molecule has 0 bridgehead atoms. The fraction of sp³-hybridized carbons (Fsp3) is 0.150. The molecular formula is C20H19N3O3S. The highest BCUT2D eigenvalue weighted by Crippen LogP contribution is 2.27. The van der Waals surface area contributed by atoms with Crippen LogP contribution in [0.2, 0.25) is 0 Å². The summed E-state index contributed by atoms with van der Waals surface area (Å²) in [4.78, 5) is 29.5.